The Morgan fingerprint density at radius 3 is 2.31 bits per heavy atom. The molecule has 0 aromatic heterocycles. The van der Waals surface area contributed by atoms with Crippen LogP contribution in [0, 0.1) is 0 Å². The molecule has 1 N–H and O–H groups in total. The number of nitrogens with zero attached hydrogens (tertiary/aromatic N) is 1. The van der Waals surface area contributed by atoms with Gasteiger partial charge in [0.1, 0.15) is 18.0 Å². The second-order valence-corrected chi connectivity index (χ2v) is 6.00. The van der Waals surface area contributed by atoms with E-state index in [1.165, 1.54) is 26.0 Å². The third-order valence-electron chi connectivity index (χ3n) is 3.74. The number of carbonyl (C=O) groups excluding carboxylic acids is 2. The van der Waals surface area contributed by atoms with E-state index in [-0.39, 0.29) is 18.4 Å². The number of amides is 2. The number of hydrogen-bond donors (Lipinski definition) is 1. The summed E-state index contributed by atoms with van der Waals surface area (Å²) in [6.07, 6.45) is 0. The Morgan fingerprint density at radius 1 is 1.08 bits per heavy atom. The first-order valence-corrected chi connectivity index (χ1v) is 8.33. The Labute approximate surface area is 157 Å². The lowest BCUT2D eigenvalue weighted by Crippen LogP contribution is -2.36. The maximum absolute atomic E-state index is 12.4. The average molecular weight is 377 g/mol. The molecule has 0 heterocycles. The molecule has 0 atom stereocenters. The van der Waals surface area contributed by atoms with Gasteiger partial charge in [0.2, 0.25) is 11.8 Å². The monoisotopic (exact) mass is 376 g/mol. The van der Waals surface area contributed by atoms with Gasteiger partial charge in [0.25, 0.3) is 0 Å². The molecule has 2 amide bonds. The van der Waals surface area contributed by atoms with Crippen LogP contribution in [0.3, 0.4) is 0 Å². The molecule has 0 unspecified atom stereocenters. The van der Waals surface area contributed by atoms with Gasteiger partial charge >= 0.3 is 0 Å². The lowest BCUT2D eigenvalue weighted by Gasteiger charge is -2.21. The van der Waals surface area contributed by atoms with Gasteiger partial charge < -0.3 is 19.7 Å². The fourth-order valence-electron chi connectivity index (χ4n) is 2.40. The molecular weight excluding hydrogens is 356 g/mol. The summed E-state index contributed by atoms with van der Waals surface area (Å²) in [7, 11) is 2.96. The Bertz CT molecular complexity index is 781. The number of halogens is 1. The number of nitrogens with one attached hydrogen (secondary N) is 1. The Hall–Kier alpha value is -2.73. The zero-order valence-electron chi connectivity index (χ0n) is 14.9. The highest BCUT2D eigenvalue weighted by molar-refractivity contribution is 6.32. The summed E-state index contributed by atoms with van der Waals surface area (Å²) < 4.78 is 10.4. The van der Waals surface area contributed by atoms with Crippen molar-refractivity contribution in [1.29, 1.82) is 0 Å². The average Bonchev–Trinajstić information content (AvgIpc) is 2.63. The number of carbonyl (C=O) groups is 2. The van der Waals surface area contributed by atoms with E-state index >= 15 is 0 Å². The maximum Gasteiger partial charge on any atom is 0.244 e. The third-order valence-corrected chi connectivity index (χ3v) is 4.04. The van der Waals surface area contributed by atoms with Crippen molar-refractivity contribution in [2.45, 2.75) is 13.5 Å². The first-order chi connectivity index (χ1) is 12.4. The summed E-state index contributed by atoms with van der Waals surface area (Å²) in [4.78, 5) is 25.8. The van der Waals surface area contributed by atoms with E-state index in [0.29, 0.717) is 28.8 Å². The maximum atomic E-state index is 12.4. The van der Waals surface area contributed by atoms with Crippen molar-refractivity contribution in [3.63, 3.8) is 0 Å². The largest absolute Gasteiger partial charge is 0.495 e. The van der Waals surface area contributed by atoms with Crippen molar-refractivity contribution in [3.05, 3.63) is 53.1 Å². The van der Waals surface area contributed by atoms with E-state index < -0.39 is 0 Å². The number of anilines is 1. The van der Waals surface area contributed by atoms with Crippen LogP contribution in [-0.4, -0.2) is 37.5 Å². The Morgan fingerprint density at radius 2 is 1.73 bits per heavy atom. The summed E-state index contributed by atoms with van der Waals surface area (Å²) in [5.74, 6) is 0.278. The first kappa shape index (κ1) is 19.6. The highest BCUT2D eigenvalue weighted by Gasteiger charge is 2.17. The SMILES string of the molecule is COc1cc(NC(=O)CN(Cc2ccccc2)C(C)=O)c(OC)cc1Cl. The lowest BCUT2D eigenvalue weighted by molar-refractivity contribution is -0.133. The van der Waals surface area contributed by atoms with Gasteiger partial charge in [-0.2, -0.15) is 0 Å². The molecule has 0 aliphatic carbocycles. The van der Waals surface area contributed by atoms with Crippen LogP contribution in [-0.2, 0) is 16.1 Å². The van der Waals surface area contributed by atoms with Crippen molar-refractivity contribution < 1.29 is 19.1 Å². The molecule has 2 aromatic carbocycles. The quantitative estimate of drug-likeness (QED) is 0.804. The van der Waals surface area contributed by atoms with E-state index in [1.54, 1.807) is 12.1 Å². The molecule has 26 heavy (non-hydrogen) atoms. The Kier molecular flexibility index (Phi) is 6.86. The predicted octanol–water partition coefficient (Wildman–Crippen LogP) is 3.34. The van der Waals surface area contributed by atoms with E-state index in [9.17, 15) is 9.59 Å². The van der Waals surface area contributed by atoms with Crippen LogP contribution in [0.5, 0.6) is 11.5 Å². The molecule has 138 valence electrons. The van der Waals surface area contributed by atoms with Crippen LogP contribution in [0.25, 0.3) is 0 Å². The van der Waals surface area contributed by atoms with Crippen molar-refractivity contribution in [1.82, 2.24) is 4.90 Å². The number of benzene rings is 2. The second-order valence-electron chi connectivity index (χ2n) is 5.60. The van der Waals surface area contributed by atoms with Crippen LogP contribution in [0.15, 0.2) is 42.5 Å². The van der Waals surface area contributed by atoms with Crippen LogP contribution >= 0.6 is 11.6 Å². The van der Waals surface area contributed by atoms with Crippen molar-refractivity contribution in [2.24, 2.45) is 0 Å². The third kappa shape index (κ3) is 5.13. The molecule has 0 fully saturated rings. The number of rotatable bonds is 7. The summed E-state index contributed by atoms with van der Waals surface area (Å²) in [6, 6.07) is 12.6. The minimum absolute atomic E-state index is 0.0850. The van der Waals surface area contributed by atoms with Gasteiger partial charge in [-0.1, -0.05) is 41.9 Å². The molecular formula is C19H21ClN2O4. The molecule has 0 saturated carbocycles. The van der Waals surface area contributed by atoms with Gasteiger partial charge in [-0.05, 0) is 5.56 Å². The minimum Gasteiger partial charge on any atom is -0.495 e. The molecule has 0 aliphatic rings. The summed E-state index contributed by atoms with van der Waals surface area (Å²) in [5.41, 5.74) is 1.36. The highest BCUT2D eigenvalue weighted by Crippen LogP contribution is 2.35. The Balaban J connectivity index is 2.12. The molecule has 0 radical (unpaired) electrons. The first-order valence-electron chi connectivity index (χ1n) is 7.95. The molecule has 0 bridgehead atoms. The highest BCUT2D eigenvalue weighted by atomic mass is 35.5. The summed E-state index contributed by atoms with van der Waals surface area (Å²) in [6.45, 7) is 1.70. The molecule has 0 spiro atoms. The normalized spacial score (nSPS) is 10.2. The number of methoxy groups -OCH3 is 2. The molecule has 6 nitrogen and oxygen atoms in total. The smallest absolute Gasteiger partial charge is 0.244 e. The minimum atomic E-state index is -0.348. The van der Waals surface area contributed by atoms with Gasteiger partial charge in [-0.3, -0.25) is 9.59 Å². The van der Waals surface area contributed by atoms with Crippen LogP contribution in [0.1, 0.15) is 12.5 Å². The molecule has 2 aromatic rings. The number of ether oxygens (including phenoxy) is 2. The van der Waals surface area contributed by atoms with E-state index in [4.69, 9.17) is 21.1 Å². The lowest BCUT2D eigenvalue weighted by atomic mass is 10.2. The summed E-state index contributed by atoms with van der Waals surface area (Å²) >= 11 is 6.06. The topological polar surface area (TPSA) is 67.9 Å². The van der Waals surface area contributed by atoms with Gasteiger partial charge in [0.15, 0.2) is 0 Å². The van der Waals surface area contributed by atoms with Crippen LogP contribution in [0.2, 0.25) is 5.02 Å². The molecule has 2 rings (SSSR count). The molecule has 0 aliphatic heterocycles. The van der Waals surface area contributed by atoms with Crippen LogP contribution < -0.4 is 14.8 Å². The fraction of sp³-hybridized carbons (Fsp3) is 0.263. The second kappa shape index (κ2) is 9.10. The fourth-order valence-corrected chi connectivity index (χ4v) is 2.63. The number of hydrogen-bond acceptors (Lipinski definition) is 4. The van der Waals surface area contributed by atoms with Gasteiger partial charge in [-0.25, -0.2) is 0 Å². The van der Waals surface area contributed by atoms with E-state index in [1.807, 2.05) is 30.3 Å². The van der Waals surface area contributed by atoms with Gasteiger partial charge in [-0.15, -0.1) is 0 Å². The van der Waals surface area contributed by atoms with Gasteiger partial charge in [0.05, 0.1) is 24.9 Å². The van der Waals surface area contributed by atoms with E-state index in [2.05, 4.69) is 5.32 Å². The van der Waals surface area contributed by atoms with Crippen LogP contribution in [0.4, 0.5) is 5.69 Å². The van der Waals surface area contributed by atoms with Crippen molar-refractivity contribution in [2.75, 3.05) is 26.1 Å². The standard InChI is InChI=1S/C19H21ClN2O4/c1-13(23)22(11-14-7-5-4-6-8-14)12-19(24)21-16-10-17(25-2)15(20)9-18(16)26-3/h4-10H,11-12H2,1-3H3,(H,21,24). The predicted molar refractivity (Wildman–Crippen MR) is 101 cm³/mol. The van der Waals surface area contributed by atoms with Crippen molar-refractivity contribution in [3.8, 4) is 11.5 Å². The zero-order valence-corrected chi connectivity index (χ0v) is 15.7. The van der Waals surface area contributed by atoms with E-state index in [0.717, 1.165) is 5.56 Å². The van der Waals surface area contributed by atoms with Crippen molar-refractivity contribution >= 4 is 29.1 Å². The summed E-state index contributed by atoms with van der Waals surface area (Å²) in [5, 5.41) is 3.11. The molecule has 0 saturated heterocycles. The zero-order chi connectivity index (χ0) is 19.1. The molecule has 7 heteroatoms. The van der Waals surface area contributed by atoms with Gasteiger partial charge in [0, 0.05) is 25.6 Å².